The zero-order chi connectivity index (χ0) is 21.8. The fraction of sp³-hybridized carbons (Fsp3) is 0.348. The van der Waals surface area contributed by atoms with E-state index < -0.39 is 23.5 Å². The molecule has 3 heterocycles. The first-order valence-corrected chi connectivity index (χ1v) is 10.8. The monoisotopic (exact) mass is 441 g/mol. The van der Waals surface area contributed by atoms with E-state index in [1.54, 1.807) is 36.4 Å². The van der Waals surface area contributed by atoms with E-state index in [-0.39, 0.29) is 5.57 Å². The number of nitrogens with one attached hydrogen (secondary N) is 1. The minimum Gasteiger partial charge on any atom is -0.872 e. The van der Waals surface area contributed by atoms with Crippen molar-refractivity contribution in [1.29, 1.82) is 0 Å². The van der Waals surface area contributed by atoms with Crippen molar-refractivity contribution in [3.63, 3.8) is 0 Å². The molecule has 1 aromatic heterocycles. The van der Waals surface area contributed by atoms with Gasteiger partial charge in [-0.1, -0.05) is 29.5 Å². The van der Waals surface area contributed by atoms with Crippen LogP contribution in [0.3, 0.4) is 0 Å². The Morgan fingerprint density at radius 1 is 1.19 bits per heavy atom. The Bertz CT molecular complexity index is 989. The lowest BCUT2D eigenvalue weighted by Gasteiger charge is -2.29. The highest BCUT2D eigenvalue weighted by Gasteiger charge is 2.44. The molecule has 0 radical (unpaired) electrons. The Morgan fingerprint density at radius 2 is 1.94 bits per heavy atom. The summed E-state index contributed by atoms with van der Waals surface area (Å²) in [6.45, 7) is 4.60. The highest BCUT2D eigenvalue weighted by Crippen LogP contribution is 2.39. The van der Waals surface area contributed by atoms with Gasteiger partial charge in [-0.3, -0.25) is 14.6 Å². The number of ether oxygens (including phenoxy) is 1. The highest BCUT2D eigenvalue weighted by atomic mass is 35.5. The van der Waals surface area contributed by atoms with Gasteiger partial charge >= 0.3 is 0 Å². The third-order valence-corrected chi connectivity index (χ3v) is 6.00. The molecule has 2 aliphatic rings. The summed E-state index contributed by atoms with van der Waals surface area (Å²) in [6.07, 6.45) is 3.71. The van der Waals surface area contributed by atoms with Crippen LogP contribution in [0.1, 0.15) is 23.6 Å². The maximum Gasteiger partial charge on any atom is 0.295 e. The first-order valence-electron chi connectivity index (χ1n) is 10.4. The van der Waals surface area contributed by atoms with Gasteiger partial charge in [0.25, 0.3) is 5.91 Å². The Kier molecular flexibility index (Phi) is 6.65. The van der Waals surface area contributed by atoms with Crippen molar-refractivity contribution >= 4 is 29.1 Å². The third kappa shape index (κ3) is 4.63. The van der Waals surface area contributed by atoms with Crippen molar-refractivity contribution in [3.05, 3.63) is 70.5 Å². The Balaban J connectivity index is 1.66. The number of hydrogen-bond acceptors (Lipinski definition) is 5. The van der Waals surface area contributed by atoms with Crippen molar-refractivity contribution in [2.45, 2.75) is 12.5 Å². The first kappa shape index (κ1) is 21.5. The molecule has 0 aliphatic carbocycles. The van der Waals surface area contributed by atoms with Crippen LogP contribution in [0.2, 0.25) is 5.02 Å². The average Bonchev–Trinajstić information content (AvgIpc) is 3.05. The maximum atomic E-state index is 13.2. The summed E-state index contributed by atoms with van der Waals surface area (Å²) >= 11 is 6.19. The number of likely N-dealkylation sites (tertiary alicyclic amines) is 1. The average molecular weight is 442 g/mol. The molecule has 31 heavy (non-hydrogen) atoms. The molecule has 0 saturated carbocycles. The van der Waals surface area contributed by atoms with Gasteiger partial charge in [-0.05, 0) is 35.4 Å². The number of rotatable bonds is 6. The standard InChI is InChI=1S/C23H24ClN3O4/c24-18-4-1-3-17(15-18)20-19(21(28)16-5-7-25-8-6-16)22(29)23(30)27(20)10-2-9-26-11-13-31-14-12-26/h1,3-8,15,20,28H,2,9-14H2. The maximum absolute atomic E-state index is 13.2. The largest absolute Gasteiger partial charge is 0.872 e. The predicted molar refractivity (Wildman–Crippen MR) is 113 cm³/mol. The van der Waals surface area contributed by atoms with E-state index in [4.69, 9.17) is 16.3 Å². The highest BCUT2D eigenvalue weighted by molar-refractivity contribution is 6.46. The molecule has 0 spiro atoms. The van der Waals surface area contributed by atoms with Gasteiger partial charge in [-0.2, -0.15) is 0 Å². The topological polar surface area (TPSA) is 87.0 Å². The second-order valence-electron chi connectivity index (χ2n) is 7.73. The van der Waals surface area contributed by atoms with Crippen LogP contribution in [0, 0.1) is 0 Å². The number of aromatic nitrogens is 1. The first-order chi connectivity index (χ1) is 15.1. The second-order valence-corrected chi connectivity index (χ2v) is 8.17. The summed E-state index contributed by atoms with van der Waals surface area (Å²) < 4.78 is 5.39. The number of morpholine rings is 1. The number of benzene rings is 1. The number of ketones is 1. The van der Waals surface area contributed by atoms with Gasteiger partial charge < -0.3 is 19.6 Å². The van der Waals surface area contributed by atoms with Gasteiger partial charge in [0.05, 0.1) is 25.8 Å². The van der Waals surface area contributed by atoms with Crippen LogP contribution in [0.15, 0.2) is 54.4 Å². The normalized spacial score (nSPS) is 21.6. The van der Waals surface area contributed by atoms with Crippen molar-refractivity contribution in [1.82, 2.24) is 9.88 Å². The summed E-state index contributed by atoms with van der Waals surface area (Å²) in [5.74, 6) is -1.84. The Morgan fingerprint density at radius 3 is 2.65 bits per heavy atom. The summed E-state index contributed by atoms with van der Waals surface area (Å²) in [7, 11) is 0. The number of carbonyl (C=O) groups excluding carboxylic acids is 2. The van der Waals surface area contributed by atoms with Gasteiger partial charge in [-0.25, -0.2) is 0 Å². The van der Waals surface area contributed by atoms with Crippen molar-refractivity contribution in [2.75, 3.05) is 39.4 Å². The number of halogens is 1. The van der Waals surface area contributed by atoms with Gasteiger partial charge in [0.2, 0.25) is 5.78 Å². The lowest BCUT2D eigenvalue weighted by Crippen LogP contribution is -3.14. The number of Topliss-reactive ketones (excluding diaryl/α,β-unsaturated/α-hetero) is 1. The lowest BCUT2D eigenvalue weighted by molar-refractivity contribution is -0.908. The van der Waals surface area contributed by atoms with Gasteiger partial charge in [0.15, 0.2) is 0 Å². The minimum absolute atomic E-state index is 0.0304. The predicted octanol–water partition coefficient (Wildman–Crippen LogP) is 0.264. The van der Waals surface area contributed by atoms with E-state index in [2.05, 4.69) is 4.98 Å². The molecule has 1 atom stereocenters. The smallest absolute Gasteiger partial charge is 0.295 e. The van der Waals surface area contributed by atoms with Crippen LogP contribution in [0.4, 0.5) is 0 Å². The summed E-state index contributed by atoms with van der Waals surface area (Å²) in [4.78, 5) is 32.7. The Hall–Kier alpha value is -2.74. The summed E-state index contributed by atoms with van der Waals surface area (Å²) in [6, 6.07) is 9.33. The Labute approximate surface area is 185 Å². The van der Waals surface area contributed by atoms with Gasteiger partial charge in [0, 0.05) is 36.0 Å². The van der Waals surface area contributed by atoms with Crippen molar-refractivity contribution < 1.29 is 24.3 Å². The molecule has 1 aromatic carbocycles. The van der Waals surface area contributed by atoms with E-state index in [1.807, 2.05) is 0 Å². The molecular formula is C23H24ClN3O4. The number of hydrogen-bond donors (Lipinski definition) is 1. The van der Waals surface area contributed by atoms with Crippen LogP contribution >= 0.6 is 11.6 Å². The van der Waals surface area contributed by atoms with E-state index in [9.17, 15) is 14.7 Å². The molecule has 2 fully saturated rings. The van der Waals surface area contributed by atoms with Crippen LogP contribution < -0.4 is 10.0 Å². The molecule has 2 saturated heterocycles. The van der Waals surface area contributed by atoms with Crippen LogP contribution in [0.25, 0.3) is 5.76 Å². The molecular weight excluding hydrogens is 418 g/mol. The van der Waals surface area contributed by atoms with Crippen molar-refractivity contribution in [2.24, 2.45) is 0 Å². The minimum atomic E-state index is -0.751. The number of nitrogens with zero attached hydrogens (tertiary/aromatic N) is 2. The summed E-state index contributed by atoms with van der Waals surface area (Å²) in [5.41, 5.74) is 0.956. The molecule has 1 unspecified atom stereocenters. The van der Waals surface area contributed by atoms with Crippen LogP contribution in [-0.2, 0) is 14.3 Å². The molecule has 1 amide bonds. The zero-order valence-corrected chi connectivity index (χ0v) is 17.8. The molecule has 8 heteroatoms. The van der Waals surface area contributed by atoms with E-state index in [0.717, 1.165) is 39.3 Å². The molecule has 7 nitrogen and oxygen atoms in total. The van der Waals surface area contributed by atoms with E-state index in [0.29, 0.717) is 22.7 Å². The molecule has 4 rings (SSSR count). The lowest BCUT2D eigenvalue weighted by atomic mass is 9.95. The molecule has 0 bridgehead atoms. The van der Waals surface area contributed by atoms with E-state index in [1.165, 1.54) is 22.2 Å². The molecule has 2 aliphatic heterocycles. The SMILES string of the molecule is O=C1C(=O)N(CCC[NH+]2CCOCC2)C(c2cccc(Cl)c2)C1=C([O-])c1ccncc1. The number of carbonyl (C=O) groups is 2. The summed E-state index contributed by atoms with van der Waals surface area (Å²) in [5, 5.41) is 13.7. The van der Waals surface area contributed by atoms with Crippen molar-refractivity contribution in [3.8, 4) is 0 Å². The number of amides is 1. The third-order valence-electron chi connectivity index (χ3n) is 5.77. The fourth-order valence-corrected chi connectivity index (χ4v) is 4.39. The fourth-order valence-electron chi connectivity index (χ4n) is 4.19. The second kappa shape index (κ2) is 9.60. The van der Waals surface area contributed by atoms with E-state index >= 15 is 0 Å². The van der Waals surface area contributed by atoms with Gasteiger partial charge in [-0.15, -0.1) is 0 Å². The van der Waals surface area contributed by atoms with Crippen LogP contribution in [-0.4, -0.2) is 61.0 Å². The molecule has 162 valence electrons. The van der Waals surface area contributed by atoms with Crippen LogP contribution in [0.5, 0.6) is 0 Å². The number of pyridine rings is 1. The number of quaternary nitrogens is 1. The quantitative estimate of drug-likeness (QED) is 0.395. The zero-order valence-electron chi connectivity index (χ0n) is 17.1. The molecule has 1 N–H and O–H groups in total. The van der Waals surface area contributed by atoms with Gasteiger partial charge in [0.1, 0.15) is 13.1 Å². The molecule has 2 aromatic rings.